The number of benzene rings is 1. The van der Waals surface area contributed by atoms with E-state index < -0.39 is 17.1 Å². The molecule has 0 saturated carbocycles. The second-order valence-corrected chi connectivity index (χ2v) is 6.31. The highest BCUT2D eigenvalue weighted by atomic mass is 32.2. The number of carboxylic acid groups (broad SMARTS) is 1. The number of aryl methyl sites for hydroxylation is 1. The molecule has 1 saturated heterocycles. The second kappa shape index (κ2) is 7.78. The molecule has 0 spiro atoms. The molecule has 7 nitrogen and oxygen atoms in total. The lowest BCUT2D eigenvalue weighted by atomic mass is 10.1. The second-order valence-electron chi connectivity index (χ2n) is 5.14. The van der Waals surface area contributed by atoms with Gasteiger partial charge in [0.05, 0.1) is 6.42 Å². The van der Waals surface area contributed by atoms with E-state index in [9.17, 15) is 14.4 Å². The van der Waals surface area contributed by atoms with Crippen molar-refractivity contribution in [2.45, 2.75) is 18.6 Å². The highest BCUT2D eigenvalue weighted by Crippen LogP contribution is 2.29. The summed E-state index contributed by atoms with van der Waals surface area (Å²) in [6.07, 6.45) is 1.21. The summed E-state index contributed by atoms with van der Waals surface area (Å²) < 4.78 is 0. The number of carbonyl (C=O) groups is 3. The predicted molar refractivity (Wildman–Crippen MR) is 91.6 cm³/mol. The highest BCUT2D eigenvalue weighted by molar-refractivity contribution is 8.15. The Kier molecular flexibility index (Phi) is 5.75. The minimum absolute atomic E-state index is 0.196. The SMILES string of the molecule is C=CCN1C(=O)C(CC(=O)O)S/C1=N/NC(=O)c1ccc(C)cc1. The van der Waals surface area contributed by atoms with Crippen molar-refractivity contribution in [3.05, 3.63) is 48.0 Å². The molecule has 1 heterocycles. The van der Waals surface area contributed by atoms with Crippen LogP contribution >= 0.6 is 11.8 Å². The third kappa shape index (κ3) is 4.23. The Morgan fingerprint density at radius 2 is 2.08 bits per heavy atom. The van der Waals surface area contributed by atoms with Crippen LogP contribution in [0.5, 0.6) is 0 Å². The van der Waals surface area contributed by atoms with Gasteiger partial charge in [-0.3, -0.25) is 19.3 Å². The number of hydrogen-bond donors (Lipinski definition) is 2. The molecular formula is C16H17N3O4S. The third-order valence-electron chi connectivity index (χ3n) is 3.26. The Morgan fingerprint density at radius 1 is 1.42 bits per heavy atom. The largest absolute Gasteiger partial charge is 0.481 e. The van der Waals surface area contributed by atoms with E-state index in [0.29, 0.717) is 5.56 Å². The zero-order valence-electron chi connectivity index (χ0n) is 13.1. The van der Waals surface area contributed by atoms with Crippen LogP contribution in [-0.2, 0) is 9.59 Å². The summed E-state index contributed by atoms with van der Waals surface area (Å²) in [6, 6.07) is 6.96. The number of hydrazone groups is 1. The first kappa shape index (κ1) is 17.7. The van der Waals surface area contributed by atoms with Crippen LogP contribution in [-0.4, -0.2) is 44.8 Å². The number of hydrogen-bond acceptors (Lipinski definition) is 5. The van der Waals surface area contributed by atoms with E-state index in [4.69, 9.17) is 5.11 Å². The standard InChI is InChI=1S/C16H17N3O4S/c1-3-8-19-15(23)12(9-13(20)21)24-16(19)18-17-14(22)11-6-4-10(2)5-7-11/h3-7,12H,1,8-9H2,2H3,(H,17,22)(H,20,21)/b18-16+. The molecule has 0 bridgehead atoms. The van der Waals surface area contributed by atoms with Crippen molar-refractivity contribution in [3.63, 3.8) is 0 Å². The molecule has 1 aromatic carbocycles. The molecule has 1 unspecified atom stereocenters. The van der Waals surface area contributed by atoms with E-state index in [0.717, 1.165) is 17.3 Å². The van der Waals surface area contributed by atoms with Crippen LogP contribution in [0.15, 0.2) is 42.0 Å². The number of amidine groups is 1. The number of aliphatic carboxylic acids is 1. The first-order chi connectivity index (χ1) is 11.4. The van der Waals surface area contributed by atoms with Crippen LogP contribution < -0.4 is 5.43 Å². The lowest BCUT2D eigenvalue weighted by Gasteiger charge is -2.13. The van der Waals surface area contributed by atoms with Gasteiger partial charge in [0, 0.05) is 12.1 Å². The van der Waals surface area contributed by atoms with Crippen molar-refractivity contribution < 1.29 is 19.5 Å². The van der Waals surface area contributed by atoms with Crippen molar-refractivity contribution in [2.24, 2.45) is 5.10 Å². The first-order valence-corrected chi connectivity index (χ1v) is 8.05. The molecule has 126 valence electrons. The molecule has 2 amide bonds. The summed E-state index contributed by atoms with van der Waals surface area (Å²) >= 11 is 1.02. The van der Waals surface area contributed by atoms with Crippen LogP contribution in [0.4, 0.5) is 0 Å². The van der Waals surface area contributed by atoms with Crippen LogP contribution in [0, 0.1) is 6.92 Å². The Bertz CT molecular complexity index is 700. The van der Waals surface area contributed by atoms with Crippen molar-refractivity contribution in [1.82, 2.24) is 10.3 Å². The van der Waals surface area contributed by atoms with Gasteiger partial charge < -0.3 is 5.11 Å². The summed E-state index contributed by atoms with van der Waals surface area (Å²) in [5.74, 6) is -1.83. The maximum absolute atomic E-state index is 12.2. The lowest BCUT2D eigenvalue weighted by Crippen LogP contribution is -2.34. The molecule has 2 N–H and O–H groups in total. The van der Waals surface area contributed by atoms with Crippen LogP contribution in [0.2, 0.25) is 0 Å². The fourth-order valence-electron chi connectivity index (χ4n) is 2.05. The molecule has 1 aliphatic rings. The van der Waals surface area contributed by atoms with Crippen molar-refractivity contribution in [1.29, 1.82) is 0 Å². The van der Waals surface area contributed by atoms with E-state index in [1.165, 1.54) is 11.0 Å². The first-order valence-electron chi connectivity index (χ1n) is 7.17. The topological polar surface area (TPSA) is 99.1 Å². The summed E-state index contributed by atoms with van der Waals surface area (Å²) in [7, 11) is 0. The molecule has 1 fully saturated rings. The summed E-state index contributed by atoms with van der Waals surface area (Å²) in [5, 5.41) is 12.3. The third-order valence-corrected chi connectivity index (χ3v) is 4.43. The van der Waals surface area contributed by atoms with Gasteiger partial charge in [0.15, 0.2) is 5.17 Å². The van der Waals surface area contributed by atoms with Gasteiger partial charge in [0.25, 0.3) is 5.91 Å². The number of nitrogens with zero attached hydrogens (tertiary/aromatic N) is 2. The van der Waals surface area contributed by atoms with E-state index in [-0.39, 0.29) is 24.0 Å². The molecule has 1 aliphatic heterocycles. The number of thioether (sulfide) groups is 1. The summed E-state index contributed by atoms with van der Waals surface area (Å²) in [4.78, 5) is 36.4. The normalized spacial score (nSPS) is 18.7. The van der Waals surface area contributed by atoms with Crippen molar-refractivity contribution in [3.8, 4) is 0 Å². The minimum atomic E-state index is -1.07. The zero-order valence-corrected chi connectivity index (χ0v) is 13.9. The van der Waals surface area contributed by atoms with E-state index in [2.05, 4.69) is 17.1 Å². The molecule has 0 radical (unpaired) electrons. The molecular weight excluding hydrogens is 330 g/mol. The Labute approximate surface area is 143 Å². The van der Waals surface area contributed by atoms with Crippen LogP contribution in [0.3, 0.4) is 0 Å². The smallest absolute Gasteiger partial charge is 0.305 e. The van der Waals surface area contributed by atoms with Gasteiger partial charge in [-0.1, -0.05) is 35.5 Å². The lowest BCUT2D eigenvalue weighted by molar-refractivity contribution is -0.139. The fourth-order valence-corrected chi connectivity index (χ4v) is 3.15. The number of carboxylic acids is 1. The summed E-state index contributed by atoms with van der Waals surface area (Å²) in [6.45, 7) is 5.68. The van der Waals surface area contributed by atoms with Crippen molar-refractivity contribution >= 4 is 34.7 Å². The Morgan fingerprint density at radius 3 is 2.67 bits per heavy atom. The highest BCUT2D eigenvalue weighted by Gasteiger charge is 2.38. The van der Waals surface area contributed by atoms with E-state index in [1.54, 1.807) is 12.1 Å². The van der Waals surface area contributed by atoms with E-state index >= 15 is 0 Å². The number of amides is 2. The number of nitrogens with one attached hydrogen (secondary N) is 1. The fraction of sp³-hybridized carbons (Fsp3) is 0.250. The van der Waals surface area contributed by atoms with Crippen LogP contribution in [0.25, 0.3) is 0 Å². The van der Waals surface area contributed by atoms with Gasteiger partial charge >= 0.3 is 5.97 Å². The molecule has 8 heteroatoms. The molecule has 1 atom stereocenters. The van der Waals surface area contributed by atoms with Gasteiger partial charge in [-0.05, 0) is 19.1 Å². The Balaban J connectivity index is 2.12. The maximum atomic E-state index is 12.2. The van der Waals surface area contributed by atoms with Gasteiger partial charge in [-0.2, -0.15) is 0 Å². The minimum Gasteiger partial charge on any atom is -0.481 e. The molecule has 0 aromatic heterocycles. The van der Waals surface area contributed by atoms with Crippen molar-refractivity contribution in [2.75, 3.05) is 6.54 Å². The molecule has 0 aliphatic carbocycles. The average Bonchev–Trinajstić information content (AvgIpc) is 2.82. The molecule has 2 rings (SSSR count). The zero-order chi connectivity index (χ0) is 17.7. The quantitative estimate of drug-likeness (QED) is 0.601. The summed E-state index contributed by atoms with van der Waals surface area (Å²) in [5.41, 5.74) is 3.87. The van der Waals surface area contributed by atoms with Gasteiger partial charge in [-0.15, -0.1) is 11.7 Å². The predicted octanol–water partition coefficient (Wildman–Crippen LogP) is 1.60. The average molecular weight is 347 g/mol. The van der Waals surface area contributed by atoms with Gasteiger partial charge in [-0.25, -0.2) is 5.43 Å². The molecule has 24 heavy (non-hydrogen) atoms. The van der Waals surface area contributed by atoms with E-state index in [1.807, 2.05) is 19.1 Å². The van der Waals surface area contributed by atoms with Gasteiger partial charge in [0.1, 0.15) is 5.25 Å². The molecule has 1 aromatic rings. The monoisotopic (exact) mass is 347 g/mol. The Hall–Kier alpha value is -2.61. The number of rotatable bonds is 6. The maximum Gasteiger partial charge on any atom is 0.305 e. The van der Waals surface area contributed by atoms with Gasteiger partial charge in [0.2, 0.25) is 5.91 Å². The van der Waals surface area contributed by atoms with Crippen LogP contribution in [0.1, 0.15) is 22.3 Å². The number of carbonyl (C=O) groups excluding carboxylic acids is 2.